The van der Waals surface area contributed by atoms with Crippen LogP contribution in [-0.4, -0.2) is 42.8 Å². The van der Waals surface area contributed by atoms with E-state index in [2.05, 4.69) is 5.32 Å². The van der Waals surface area contributed by atoms with Gasteiger partial charge in [-0.3, -0.25) is 19.3 Å². The molecule has 1 saturated heterocycles. The quantitative estimate of drug-likeness (QED) is 0.878. The zero-order valence-electron chi connectivity index (χ0n) is 15.1. The van der Waals surface area contributed by atoms with E-state index in [1.54, 1.807) is 32.3 Å². The second-order valence-corrected chi connectivity index (χ2v) is 6.94. The largest absolute Gasteiger partial charge is 0.345 e. The summed E-state index contributed by atoms with van der Waals surface area (Å²) in [5, 5.41) is 3.06. The van der Waals surface area contributed by atoms with Gasteiger partial charge in [0.05, 0.1) is 10.6 Å². The third-order valence-corrected chi connectivity index (χ3v) is 4.73. The molecule has 1 N–H and O–H groups in total. The van der Waals surface area contributed by atoms with Crippen molar-refractivity contribution >= 4 is 40.7 Å². The maximum atomic E-state index is 12.8. The van der Waals surface area contributed by atoms with Crippen molar-refractivity contribution in [2.24, 2.45) is 0 Å². The van der Waals surface area contributed by atoms with Gasteiger partial charge in [0.15, 0.2) is 0 Å². The molecule has 6 nitrogen and oxygen atoms in total. The van der Waals surface area contributed by atoms with Crippen molar-refractivity contribution in [1.82, 2.24) is 4.90 Å². The fourth-order valence-electron chi connectivity index (χ4n) is 3.08. The molecule has 3 amide bonds. The van der Waals surface area contributed by atoms with Crippen molar-refractivity contribution in [2.75, 3.05) is 24.3 Å². The molecule has 0 spiro atoms. The standard InChI is InChI=1S/C20H20ClN3O3/c1-23(2)20(27)15-9-8-13(12-16(15)21)22-19(26)17-10-11-18(25)24(17)14-6-4-3-5-7-14/h3-9,12,17H,10-11H2,1-2H3,(H,22,26). The monoisotopic (exact) mass is 385 g/mol. The van der Waals surface area contributed by atoms with E-state index in [1.807, 2.05) is 30.3 Å². The number of anilines is 2. The van der Waals surface area contributed by atoms with Crippen LogP contribution < -0.4 is 10.2 Å². The second kappa shape index (κ2) is 7.80. The number of benzene rings is 2. The van der Waals surface area contributed by atoms with Crippen LogP contribution in [0.1, 0.15) is 23.2 Å². The van der Waals surface area contributed by atoms with E-state index in [1.165, 1.54) is 9.80 Å². The topological polar surface area (TPSA) is 69.7 Å². The number of nitrogens with zero attached hydrogens (tertiary/aromatic N) is 2. The molecular formula is C20H20ClN3O3. The summed E-state index contributed by atoms with van der Waals surface area (Å²) >= 11 is 6.20. The van der Waals surface area contributed by atoms with Crippen molar-refractivity contribution in [3.8, 4) is 0 Å². The van der Waals surface area contributed by atoms with Crippen molar-refractivity contribution < 1.29 is 14.4 Å². The molecule has 7 heteroatoms. The Bertz CT molecular complexity index is 883. The summed E-state index contributed by atoms with van der Waals surface area (Å²) in [6.07, 6.45) is 0.772. The Hall–Kier alpha value is -2.86. The molecule has 1 fully saturated rings. The zero-order chi connectivity index (χ0) is 19.6. The lowest BCUT2D eigenvalue weighted by Crippen LogP contribution is -2.41. The van der Waals surface area contributed by atoms with Crippen LogP contribution in [0.4, 0.5) is 11.4 Å². The molecule has 140 valence electrons. The molecule has 0 aromatic heterocycles. The van der Waals surface area contributed by atoms with Gasteiger partial charge < -0.3 is 10.2 Å². The van der Waals surface area contributed by atoms with Crippen LogP contribution in [0.15, 0.2) is 48.5 Å². The van der Waals surface area contributed by atoms with Gasteiger partial charge in [-0.2, -0.15) is 0 Å². The van der Waals surface area contributed by atoms with Gasteiger partial charge in [-0.05, 0) is 36.8 Å². The van der Waals surface area contributed by atoms with Crippen LogP contribution in [0.5, 0.6) is 0 Å². The number of para-hydroxylation sites is 1. The third kappa shape index (κ3) is 3.95. The van der Waals surface area contributed by atoms with E-state index in [0.29, 0.717) is 29.8 Å². The van der Waals surface area contributed by atoms with Gasteiger partial charge in [0.25, 0.3) is 5.91 Å². The fourth-order valence-corrected chi connectivity index (χ4v) is 3.34. The normalized spacial score (nSPS) is 16.3. The highest BCUT2D eigenvalue weighted by Gasteiger charge is 2.37. The Balaban J connectivity index is 1.78. The minimum atomic E-state index is -0.582. The molecular weight excluding hydrogens is 366 g/mol. The highest BCUT2D eigenvalue weighted by atomic mass is 35.5. The highest BCUT2D eigenvalue weighted by molar-refractivity contribution is 6.34. The van der Waals surface area contributed by atoms with Gasteiger partial charge >= 0.3 is 0 Å². The summed E-state index contributed by atoms with van der Waals surface area (Å²) in [7, 11) is 3.28. The van der Waals surface area contributed by atoms with Crippen LogP contribution in [0.3, 0.4) is 0 Å². The molecule has 1 aliphatic rings. The van der Waals surface area contributed by atoms with Crippen LogP contribution in [0, 0.1) is 0 Å². The van der Waals surface area contributed by atoms with E-state index in [9.17, 15) is 14.4 Å². The van der Waals surface area contributed by atoms with Crippen molar-refractivity contribution in [2.45, 2.75) is 18.9 Å². The Morgan fingerprint density at radius 1 is 1.15 bits per heavy atom. The number of amides is 3. The van der Waals surface area contributed by atoms with Gasteiger partial charge in [0, 0.05) is 31.9 Å². The summed E-state index contributed by atoms with van der Waals surface area (Å²) in [5.74, 6) is -0.576. The molecule has 0 radical (unpaired) electrons. The third-order valence-electron chi connectivity index (χ3n) is 4.42. The molecule has 0 saturated carbocycles. The molecule has 1 aliphatic heterocycles. The van der Waals surface area contributed by atoms with Crippen LogP contribution >= 0.6 is 11.6 Å². The Labute approximate surface area is 162 Å². The SMILES string of the molecule is CN(C)C(=O)c1ccc(NC(=O)C2CCC(=O)N2c2ccccc2)cc1Cl. The first kappa shape index (κ1) is 18.9. The molecule has 1 heterocycles. The van der Waals surface area contributed by atoms with Crippen molar-refractivity contribution in [3.63, 3.8) is 0 Å². The predicted octanol–water partition coefficient (Wildman–Crippen LogP) is 3.18. The fraction of sp³-hybridized carbons (Fsp3) is 0.250. The van der Waals surface area contributed by atoms with E-state index >= 15 is 0 Å². The number of hydrogen-bond acceptors (Lipinski definition) is 3. The van der Waals surface area contributed by atoms with E-state index in [4.69, 9.17) is 11.6 Å². The van der Waals surface area contributed by atoms with Crippen LogP contribution in [0.2, 0.25) is 5.02 Å². The summed E-state index contributed by atoms with van der Waals surface area (Å²) in [5.41, 5.74) is 1.54. The molecule has 2 aromatic carbocycles. The lowest BCUT2D eigenvalue weighted by molar-refractivity contribution is -0.120. The molecule has 0 bridgehead atoms. The number of nitrogens with one attached hydrogen (secondary N) is 1. The van der Waals surface area contributed by atoms with Gasteiger partial charge in [-0.15, -0.1) is 0 Å². The number of carbonyl (C=O) groups excluding carboxylic acids is 3. The first-order chi connectivity index (χ1) is 12.9. The summed E-state index contributed by atoms with van der Waals surface area (Å²) in [4.78, 5) is 40.0. The van der Waals surface area contributed by atoms with Gasteiger partial charge in [-0.1, -0.05) is 29.8 Å². The summed E-state index contributed by atoms with van der Waals surface area (Å²) in [6, 6.07) is 13.3. The molecule has 1 unspecified atom stereocenters. The lowest BCUT2D eigenvalue weighted by Gasteiger charge is -2.24. The number of rotatable bonds is 4. The molecule has 2 aromatic rings. The predicted molar refractivity (Wildman–Crippen MR) is 105 cm³/mol. The maximum absolute atomic E-state index is 12.8. The molecule has 3 rings (SSSR count). The van der Waals surface area contributed by atoms with Crippen molar-refractivity contribution in [3.05, 3.63) is 59.1 Å². The highest BCUT2D eigenvalue weighted by Crippen LogP contribution is 2.28. The summed E-state index contributed by atoms with van der Waals surface area (Å²) < 4.78 is 0. The summed E-state index contributed by atoms with van der Waals surface area (Å²) in [6.45, 7) is 0. The van der Waals surface area contributed by atoms with Crippen LogP contribution in [-0.2, 0) is 9.59 Å². The van der Waals surface area contributed by atoms with E-state index in [0.717, 1.165) is 0 Å². The number of carbonyl (C=O) groups is 3. The maximum Gasteiger partial charge on any atom is 0.254 e. The van der Waals surface area contributed by atoms with Gasteiger partial charge in [-0.25, -0.2) is 0 Å². The number of hydrogen-bond donors (Lipinski definition) is 1. The van der Waals surface area contributed by atoms with E-state index < -0.39 is 6.04 Å². The Kier molecular flexibility index (Phi) is 5.46. The van der Waals surface area contributed by atoms with Gasteiger partial charge in [0.2, 0.25) is 11.8 Å². The smallest absolute Gasteiger partial charge is 0.254 e. The van der Waals surface area contributed by atoms with Crippen LogP contribution in [0.25, 0.3) is 0 Å². The molecule has 0 aliphatic carbocycles. The molecule has 27 heavy (non-hydrogen) atoms. The Morgan fingerprint density at radius 2 is 1.85 bits per heavy atom. The van der Waals surface area contributed by atoms with Crippen molar-refractivity contribution in [1.29, 1.82) is 0 Å². The zero-order valence-corrected chi connectivity index (χ0v) is 15.9. The minimum absolute atomic E-state index is 0.0775. The molecule has 1 atom stereocenters. The lowest BCUT2D eigenvalue weighted by atomic mass is 10.1. The van der Waals surface area contributed by atoms with E-state index in [-0.39, 0.29) is 22.7 Å². The van der Waals surface area contributed by atoms with Gasteiger partial charge in [0.1, 0.15) is 6.04 Å². The number of halogens is 1. The first-order valence-electron chi connectivity index (χ1n) is 8.57. The first-order valence-corrected chi connectivity index (χ1v) is 8.95. The average molecular weight is 386 g/mol. The minimum Gasteiger partial charge on any atom is -0.345 e. The second-order valence-electron chi connectivity index (χ2n) is 6.54. The Morgan fingerprint density at radius 3 is 2.48 bits per heavy atom. The average Bonchev–Trinajstić information content (AvgIpc) is 3.03.